The summed E-state index contributed by atoms with van der Waals surface area (Å²) in [6.07, 6.45) is 3.46. The maximum absolute atomic E-state index is 4.78. The SMILES string of the molecule is CCCCc1ccc(-c2nnc(-c3ccc(N(c4ccccc4)c4ccc(-n5c6ccccc6c6ccccc65)cc4)cc3)n2-c2ccccc2)cc1. The van der Waals surface area contributed by atoms with Gasteiger partial charge >= 0.3 is 0 Å². The molecule has 9 rings (SSSR count). The molecule has 5 nitrogen and oxygen atoms in total. The van der Waals surface area contributed by atoms with Gasteiger partial charge in [-0.1, -0.05) is 110 Å². The van der Waals surface area contributed by atoms with Crippen molar-refractivity contribution in [2.45, 2.75) is 26.2 Å². The van der Waals surface area contributed by atoms with E-state index in [1.54, 1.807) is 0 Å². The predicted molar refractivity (Wildman–Crippen MR) is 220 cm³/mol. The van der Waals surface area contributed by atoms with Crippen molar-refractivity contribution >= 4 is 38.9 Å². The zero-order valence-corrected chi connectivity index (χ0v) is 29.7. The van der Waals surface area contributed by atoms with Crippen molar-refractivity contribution < 1.29 is 0 Å². The van der Waals surface area contributed by atoms with Crippen molar-refractivity contribution in [1.29, 1.82) is 0 Å². The number of hydrogen-bond acceptors (Lipinski definition) is 3. The van der Waals surface area contributed by atoms with E-state index >= 15 is 0 Å². The molecule has 0 saturated heterocycles. The smallest absolute Gasteiger partial charge is 0.168 e. The zero-order chi connectivity index (χ0) is 35.6. The van der Waals surface area contributed by atoms with Crippen LogP contribution in [0.1, 0.15) is 25.3 Å². The van der Waals surface area contributed by atoms with Gasteiger partial charge in [-0.2, -0.15) is 0 Å². The van der Waals surface area contributed by atoms with Crippen LogP contribution in [-0.4, -0.2) is 19.3 Å². The highest BCUT2D eigenvalue weighted by atomic mass is 15.3. The predicted octanol–water partition coefficient (Wildman–Crippen LogP) is 12.5. The lowest BCUT2D eigenvalue weighted by molar-refractivity contribution is 0.795. The molecule has 7 aromatic carbocycles. The fraction of sp³-hybridized carbons (Fsp3) is 0.0833. The van der Waals surface area contributed by atoms with Crippen molar-refractivity contribution in [3.63, 3.8) is 0 Å². The van der Waals surface area contributed by atoms with Gasteiger partial charge in [-0.05, 0) is 103 Å². The standard InChI is InChI=1S/C48H39N5/c1-2-3-14-35-23-25-36(26-24-35)47-49-50-48(53(47)39-17-8-5-9-18-39)37-27-29-40(30-28-37)51(38-15-6-4-7-16-38)41-31-33-42(34-32-41)52-45-21-12-10-19-43(45)44-20-11-13-22-46(44)52/h4-13,15-34H,2-3,14H2,1H3. The lowest BCUT2D eigenvalue weighted by atomic mass is 10.1. The van der Waals surface area contributed by atoms with Crippen molar-refractivity contribution in [3.8, 4) is 34.2 Å². The Kier molecular flexibility index (Phi) is 8.58. The van der Waals surface area contributed by atoms with E-state index in [9.17, 15) is 0 Å². The summed E-state index contributed by atoms with van der Waals surface area (Å²) in [5.41, 5.74) is 11.2. The summed E-state index contributed by atoms with van der Waals surface area (Å²) in [6.45, 7) is 2.23. The third-order valence-corrected chi connectivity index (χ3v) is 10.1. The topological polar surface area (TPSA) is 38.9 Å². The molecule has 5 heteroatoms. The van der Waals surface area contributed by atoms with Crippen molar-refractivity contribution in [2.75, 3.05) is 4.90 Å². The number of unbranched alkanes of at least 4 members (excludes halogenated alkanes) is 1. The molecule has 2 heterocycles. The summed E-state index contributed by atoms with van der Waals surface area (Å²) < 4.78 is 4.52. The average molecular weight is 686 g/mol. The largest absolute Gasteiger partial charge is 0.311 e. The molecule has 256 valence electrons. The van der Waals surface area contributed by atoms with Crippen LogP contribution in [0.4, 0.5) is 17.1 Å². The van der Waals surface area contributed by atoms with Crippen LogP contribution in [0, 0.1) is 0 Å². The normalized spacial score (nSPS) is 11.3. The van der Waals surface area contributed by atoms with Crippen LogP contribution in [-0.2, 0) is 6.42 Å². The molecule has 0 atom stereocenters. The van der Waals surface area contributed by atoms with Gasteiger partial charge in [0.1, 0.15) is 0 Å². The van der Waals surface area contributed by atoms with Crippen molar-refractivity contribution in [3.05, 3.63) is 188 Å². The number of nitrogens with zero attached hydrogens (tertiary/aromatic N) is 5. The van der Waals surface area contributed by atoms with Crippen LogP contribution >= 0.6 is 0 Å². The molecule has 0 N–H and O–H groups in total. The quantitative estimate of drug-likeness (QED) is 0.144. The first-order chi connectivity index (χ1) is 26.3. The third kappa shape index (κ3) is 6.06. The molecule has 0 aliphatic rings. The fourth-order valence-corrected chi connectivity index (χ4v) is 7.42. The van der Waals surface area contributed by atoms with Gasteiger partial charge in [0, 0.05) is 50.3 Å². The van der Waals surface area contributed by atoms with Gasteiger partial charge in [0.2, 0.25) is 0 Å². The fourth-order valence-electron chi connectivity index (χ4n) is 7.42. The lowest BCUT2D eigenvalue weighted by Gasteiger charge is -2.26. The average Bonchev–Trinajstić information content (AvgIpc) is 3.82. The Bertz CT molecular complexity index is 2570. The Morgan fingerprint density at radius 1 is 0.434 bits per heavy atom. The molecule has 2 aromatic heterocycles. The number of aromatic nitrogens is 4. The van der Waals surface area contributed by atoms with Crippen LogP contribution in [0.15, 0.2) is 182 Å². The van der Waals surface area contributed by atoms with Gasteiger partial charge in [0.25, 0.3) is 0 Å². The number of fused-ring (bicyclic) bond motifs is 3. The summed E-state index contributed by atoms with van der Waals surface area (Å²) in [4.78, 5) is 2.30. The first-order valence-electron chi connectivity index (χ1n) is 18.4. The summed E-state index contributed by atoms with van der Waals surface area (Å²) in [5.74, 6) is 1.63. The summed E-state index contributed by atoms with van der Waals surface area (Å²) in [6, 6.07) is 64.5. The molecular weight excluding hydrogens is 647 g/mol. The Morgan fingerprint density at radius 2 is 0.887 bits per heavy atom. The Morgan fingerprint density at radius 3 is 1.45 bits per heavy atom. The second kappa shape index (κ2) is 14.1. The maximum atomic E-state index is 4.78. The van der Waals surface area contributed by atoms with Crippen LogP contribution < -0.4 is 4.90 Å². The molecular formula is C48H39N5. The Labute approximate surface area is 310 Å². The van der Waals surface area contributed by atoms with E-state index in [0.717, 1.165) is 57.6 Å². The molecule has 0 aliphatic carbocycles. The zero-order valence-electron chi connectivity index (χ0n) is 29.7. The van der Waals surface area contributed by atoms with E-state index in [-0.39, 0.29) is 0 Å². The monoisotopic (exact) mass is 685 g/mol. The highest BCUT2D eigenvalue weighted by Crippen LogP contribution is 2.38. The maximum Gasteiger partial charge on any atom is 0.168 e. The molecule has 0 radical (unpaired) electrons. The highest BCUT2D eigenvalue weighted by Gasteiger charge is 2.19. The van der Waals surface area contributed by atoms with Crippen molar-refractivity contribution in [1.82, 2.24) is 19.3 Å². The molecule has 9 aromatic rings. The van der Waals surface area contributed by atoms with Gasteiger partial charge in [-0.25, -0.2) is 0 Å². The highest BCUT2D eigenvalue weighted by molar-refractivity contribution is 6.09. The second-order valence-corrected chi connectivity index (χ2v) is 13.4. The number of benzene rings is 7. The molecule has 0 aliphatic heterocycles. The number of hydrogen-bond donors (Lipinski definition) is 0. The summed E-state index contributed by atoms with van der Waals surface area (Å²) in [7, 11) is 0. The Balaban J connectivity index is 1.09. The van der Waals surface area contributed by atoms with Crippen LogP contribution in [0.25, 0.3) is 56.0 Å². The molecule has 0 amide bonds. The first-order valence-corrected chi connectivity index (χ1v) is 18.4. The minimum absolute atomic E-state index is 0.801. The Hall–Kier alpha value is -6.72. The molecule has 0 bridgehead atoms. The van der Waals surface area contributed by atoms with E-state index in [0.29, 0.717) is 0 Å². The van der Waals surface area contributed by atoms with E-state index < -0.39 is 0 Å². The van der Waals surface area contributed by atoms with Crippen LogP contribution in [0.5, 0.6) is 0 Å². The third-order valence-electron chi connectivity index (χ3n) is 10.1. The number of rotatable bonds is 10. The van der Waals surface area contributed by atoms with E-state index in [4.69, 9.17) is 10.2 Å². The number of para-hydroxylation sites is 4. The number of aryl methyl sites for hydroxylation is 1. The molecule has 53 heavy (non-hydrogen) atoms. The van der Waals surface area contributed by atoms with E-state index in [1.165, 1.54) is 40.2 Å². The first kappa shape index (κ1) is 32.2. The van der Waals surface area contributed by atoms with Gasteiger partial charge < -0.3 is 9.47 Å². The molecule has 0 spiro atoms. The second-order valence-electron chi connectivity index (χ2n) is 13.4. The van der Waals surface area contributed by atoms with Gasteiger partial charge in [0.15, 0.2) is 11.6 Å². The molecule has 0 fully saturated rings. The van der Waals surface area contributed by atoms with Gasteiger partial charge in [-0.3, -0.25) is 4.57 Å². The molecule has 0 unspecified atom stereocenters. The van der Waals surface area contributed by atoms with Gasteiger partial charge in [0.05, 0.1) is 11.0 Å². The lowest BCUT2D eigenvalue weighted by Crippen LogP contribution is -2.10. The van der Waals surface area contributed by atoms with Crippen LogP contribution in [0.3, 0.4) is 0 Å². The minimum atomic E-state index is 0.801. The summed E-state index contributed by atoms with van der Waals surface area (Å²) in [5, 5.41) is 12.0. The molecule has 0 saturated carbocycles. The summed E-state index contributed by atoms with van der Waals surface area (Å²) >= 11 is 0. The minimum Gasteiger partial charge on any atom is -0.311 e. The van der Waals surface area contributed by atoms with E-state index in [1.807, 2.05) is 6.07 Å². The van der Waals surface area contributed by atoms with Crippen LogP contribution in [0.2, 0.25) is 0 Å². The number of anilines is 3. The van der Waals surface area contributed by atoms with Crippen molar-refractivity contribution in [2.24, 2.45) is 0 Å². The van der Waals surface area contributed by atoms with E-state index in [2.05, 4.69) is 197 Å². The van der Waals surface area contributed by atoms with Gasteiger partial charge in [-0.15, -0.1) is 10.2 Å².